The van der Waals surface area contributed by atoms with Crippen LogP contribution in [0.25, 0.3) is 0 Å². The molecule has 0 aliphatic carbocycles. The van der Waals surface area contributed by atoms with E-state index in [1.54, 1.807) is 0 Å². The van der Waals surface area contributed by atoms with Crippen LogP contribution in [0.1, 0.15) is 28.9 Å². The summed E-state index contributed by atoms with van der Waals surface area (Å²) >= 11 is 0. The summed E-state index contributed by atoms with van der Waals surface area (Å²) in [6.07, 6.45) is 0. The van der Waals surface area contributed by atoms with Crippen molar-refractivity contribution >= 4 is 5.91 Å². The molecule has 2 aromatic carbocycles. The number of hydrogen-bond donors (Lipinski definition) is 0. The van der Waals surface area contributed by atoms with Gasteiger partial charge in [-0.15, -0.1) is 0 Å². The highest BCUT2D eigenvalue weighted by atomic mass is 16.2. The maximum Gasteiger partial charge on any atom is 0.254 e. The maximum absolute atomic E-state index is 12.3. The summed E-state index contributed by atoms with van der Waals surface area (Å²) in [6.45, 7) is 2.10. The van der Waals surface area contributed by atoms with E-state index >= 15 is 0 Å². The number of hydrogen-bond acceptors (Lipinski definition) is 1. The van der Waals surface area contributed by atoms with Crippen molar-refractivity contribution in [1.82, 2.24) is 4.90 Å². The van der Waals surface area contributed by atoms with Crippen molar-refractivity contribution in [1.29, 1.82) is 0 Å². The van der Waals surface area contributed by atoms with Gasteiger partial charge in [-0.2, -0.15) is 0 Å². The average molecular weight is 237 g/mol. The Hall–Kier alpha value is -2.09. The summed E-state index contributed by atoms with van der Waals surface area (Å²) in [5.41, 5.74) is 1.98. The molecule has 2 aromatic rings. The molecule has 0 unspecified atom stereocenters. The fourth-order valence-electron chi connectivity index (χ4n) is 2.48. The molecule has 0 spiro atoms. The Bertz CT molecular complexity index is 550. The molecule has 2 heteroatoms. The quantitative estimate of drug-likeness (QED) is 0.734. The molecule has 0 bridgehead atoms. The molecule has 0 aromatic heterocycles. The number of rotatable bonds is 2. The van der Waals surface area contributed by atoms with Crippen molar-refractivity contribution in [2.75, 3.05) is 0 Å². The van der Waals surface area contributed by atoms with Crippen LogP contribution in [0.15, 0.2) is 60.7 Å². The Morgan fingerprint density at radius 2 is 1.50 bits per heavy atom. The third-order valence-corrected chi connectivity index (χ3v) is 3.50. The lowest BCUT2D eigenvalue weighted by Gasteiger charge is -2.04. The minimum Gasteiger partial charge on any atom is -0.324 e. The third kappa shape index (κ3) is 1.80. The lowest BCUT2D eigenvalue weighted by atomic mass is 10.1. The Labute approximate surface area is 107 Å². The molecule has 0 N–H and O–H groups in total. The summed E-state index contributed by atoms with van der Waals surface area (Å²) in [5, 5.41) is 0. The monoisotopic (exact) mass is 237 g/mol. The van der Waals surface area contributed by atoms with E-state index in [4.69, 9.17) is 0 Å². The first-order chi connectivity index (χ1) is 8.79. The molecule has 1 heterocycles. The van der Waals surface area contributed by atoms with Crippen LogP contribution >= 0.6 is 0 Å². The van der Waals surface area contributed by atoms with Crippen molar-refractivity contribution in [2.24, 2.45) is 0 Å². The number of carbonyl (C=O) groups is 1. The minimum absolute atomic E-state index is 0.122. The fourth-order valence-corrected chi connectivity index (χ4v) is 2.48. The summed E-state index contributed by atoms with van der Waals surface area (Å²) in [6, 6.07) is 20.2. The molecule has 18 heavy (non-hydrogen) atoms. The van der Waals surface area contributed by atoms with Crippen molar-refractivity contribution in [3.8, 4) is 0 Å². The van der Waals surface area contributed by atoms with Crippen molar-refractivity contribution in [2.45, 2.75) is 19.0 Å². The first-order valence-electron chi connectivity index (χ1n) is 6.21. The van der Waals surface area contributed by atoms with E-state index < -0.39 is 0 Å². The van der Waals surface area contributed by atoms with E-state index in [-0.39, 0.29) is 11.9 Å². The summed E-state index contributed by atoms with van der Waals surface area (Å²) in [4.78, 5) is 14.3. The highest BCUT2D eigenvalue weighted by molar-refractivity contribution is 5.96. The van der Waals surface area contributed by atoms with Gasteiger partial charge in [-0.25, -0.2) is 0 Å². The van der Waals surface area contributed by atoms with E-state index in [0.717, 1.165) is 5.56 Å². The molecule has 0 saturated carbocycles. The first-order valence-corrected chi connectivity index (χ1v) is 6.21. The Balaban J connectivity index is 1.82. The van der Waals surface area contributed by atoms with Gasteiger partial charge in [-0.1, -0.05) is 48.5 Å². The predicted molar refractivity (Wildman–Crippen MR) is 71.3 cm³/mol. The minimum atomic E-state index is 0.122. The van der Waals surface area contributed by atoms with Crippen LogP contribution in [0.5, 0.6) is 0 Å². The Kier molecular flexibility index (Phi) is 2.63. The molecule has 1 amide bonds. The second-order valence-electron chi connectivity index (χ2n) is 4.67. The van der Waals surface area contributed by atoms with E-state index in [1.807, 2.05) is 53.4 Å². The number of amides is 1. The Morgan fingerprint density at radius 3 is 2.11 bits per heavy atom. The van der Waals surface area contributed by atoms with Gasteiger partial charge in [0, 0.05) is 5.56 Å². The highest BCUT2D eigenvalue weighted by Gasteiger charge is 2.48. The molecule has 1 saturated heterocycles. The molecule has 1 aliphatic heterocycles. The summed E-state index contributed by atoms with van der Waals surface area (Å²) in [7, 11) is 0. The molecule has 2 atom stereocenters. The van der Waals surface area contributed by atoms with E-state index in [0.29, 0.717) is 6.04 Å². The van der Waals surface area contributed by atoms with E-state index in [2.05, 4.69) is 19.1 Å². The second kappa shape index (κ2) is 4.30. The van der Waals surface area contributed by atoms with E-state index in [1.165, 1.54) is 5.56 Å². The van der Waals surface area contributed by atoms with Crippen LogP contribution in [0, 0.1) is 0 Å². The SMILES string of the molecule is C[C@@H]1[C@@H](c2ccccc2)N1C(=O)c1ccccc1. The fraction of sp³-hybridized carbons (Fsp3) is 0.188. The second-order valence-corrected chi connectivity index (χ2v) is 4.67. The van der Waals surface area contributed by atoms with Crippen molar-refractivity contribution < 1.29 is 4.79 Å². The van der Waals surface area contributed by atoms with Crippen LogP contribution in [-0.2, 0) is 0 Å². The number of nitrogens with zero attached hydrogens (tertiary/aromatic N) is 1. The zero-order valence-corrected chi connectivity index (χ0v) is 10.3. The van der Waals surface area contributed by atoms with Crippen molar-refractivity contribution in [3.63, 3.8) is 0 Å². The Morgan fingerprint density at radius 1 is 0.944 bits per heavy atom. The molecule has 0 radical (unpaired) electrons. The molecular weight excluding hydrogens is 222 g/mol. The lowest BCUT2D eigenvalue weighted by Crippen LogP contribution is -2.12. The van der Waals surface area contributed by atoms with Crippen molar-refractivity contribution in [3.05, 3.63) is 71.8 Å². The summed E-state index contributed by atoms with van der Waals surface area (Å²) < 4.78 is 0. The first kappa shape index (κ1) is 11.0. The molecule has 3 rings (SSSR count). The summed E-state index contributed by atoms with van der Waals surface area (Å²) in [5.74, 6) is 0.122. The van der Waals surface area contributed by atoms with Gasteiger partial charge in [0.05, 0.1) is 12.1 Å². The number of carbonyl (C=O) groups excluding carboxylic acids is 1. The molecule has 1 fully saturated rings. The zero-order chi connectivity index (χ0) is 12.5. The lowest BCUT2D eigenvalue weighted by molar-refractivity contribution is 0.0866. The van der Waals surface area contributed by atoms with Gasteiger partial charge in [-0.05, 0) is 24.6 Å². The maximum atomic E-state index is 12.3. The van der Waals surface area contributed by atoms with Crippen LogP contribution < -0.4 is 0 Å². The van der Waals surface area contributed by atoms with Gasteiger partial charge in [0.2, 0.25) is 0 Å². The zero-order valence-electron chi connectivity index (χ0n) is 10.3. The normalized spacial score (nSPS) is 21.7. The van der Waals surface area contributed by atoms with Crippen LogP contribution in [0.4, 0.5) is 0 Å². The standard InChI is InChI=1S/C16H15NO/c1-12-15(13-8-4-2-5-9-13)17(12)16(18)14-10-6-3-7-11-14/h2-12,15H,1H3/t12-,15+,17?/m1/s1. The van der Waals surface area contributed by atoms with Gasteiger partial charge >= 0.3 is 0 Å². The average Bonchev–Trinajstić information content (AvgIpc) is 3.11. The van der Waals surface area contributed by atoms with Gasteiger partial charge in [0.15, 0.2) is 0 Å². The van der Waals surface area contributed by atoms with Gasteiger partial charge < -0.3 is 4.90 Å². The third-order valence-electron chi connectivity index (χ3n) is 3.50. The smallest absolute Gasteiger partial charge is 0.254 e. The molecular formula is C16H15NO. The van der Waals surface area contributed by atoms with Crippen LogP contribution in [0.3, 0.4) is 0 Å². The topological polar surface area (TPSA) is 20.1 Å². The highest BCUT2D eigenvalue weighted by Crippen LogP contribution is 2.43. The predicted octanol–water partition coefficient (Wildman–Crippen LogP) is 3.27. The molecule has 2 nitrogen and oxygen atoms in total. The van der Waals surface area contributed by atoms with Gasteiger partial charge in [0.1, 0.15) is 0 Å². The molecule has 90 valence electrons. The largest absolute Gasteiger partial charge is 0.324 e. The van der Waals surface area contributed by atoms with Crippen LogP contribution in [0.2, 0.25) is 0 Å². The van der Waals surface area contributed by atoms with Crippen LogP contribution in [-0.4, -0.2) is 16.8 Å². The number of benzene rings is 2. The van der Waals surface area contributed by atoms with Gasteiger partial charge in [-0.3, -0.25) is 4.79 Å². The molecule has 1 aliphatic rings. The van der Waals surface area contributed by atoms with Gasteiger partial charge in [0.25, 0.3) is 5.91 Å². The van der Waals surface area contributed by atoms with E-state index in [9.17, 15) is 4.79 Å².